The monoisotopic (exact) mass is 253 g/mol. The van der Waals surface area contributed by atoms with Crippen LogP contribution >= 0.6 is 0 Å². The molecule has 1 amide bonds. The molecule has 0 aliphatic heterocycles. The van der Waals surface area contributed by atoms with E-state index in [4.69, 9.17) is 10.9 Å². The number of rotatable bonds is 4. The van der Waals surface area contributed by atoms with Crippen molar-refractivity contribution in [3.05, 3.63) is 30.1 Å². The quantitative estimate of drug-likeness (QED) is 0.331. The zero-order valence-electron chi connectivity index (χ0n) is 10.2. The predicted octanol–water partition coefficient (Wildman–Crippen LogP) is 1.78. The van der Waals surface area contributed by atoms with Crippen LogP contribution in [0, 0.1) is 17.7 Å². The fourth-order valence-electron chi connectivity index (χ4n) is 1.61. The lowest BCUT2D eigenvalue weighted by Crippen LogP contribution is -2.38. The van der Waals surface area contributed by atoms with Crippen molar-refractivity contribution in [2.75, 3.05) is 5.32 Å². The van der Waals surface area contributed by atoms with Crippen LogP contribution in [0.5, 0.6) is 0 Å². The molecule has 0 bridgehead atoms. The van der Waals surface area contributed by atoms with Gasteiger partial charge in [-0.15, -0.1) is 0 Å². The van der Waals surface area contributed by atoms with Crippen LogP contribution in [-0.2, 0) is 4.79 Å². The number of benzene rings is 1. The van der Waals surface area contributed by atoms with E-state index in [1.54, 1.807) is 19.9 Å². The summed E-state index contributed by atoms with van der Waals surface area (Å²) in [5.74, 6) is -2.22. The average molecular weight is 253 g/mol. The summed E-state index contributed by atoms with van der Waals surface area (Å²) in [7, 11) is 0. The van der Waals surface area contributed by atoms with Crippen molar-refractivity contribution < 1.29 is 14.4 Å². The molecule has 0 fully saturated rings. The molecule has 1 atom stereocenters. The standard InChI is InChI=1S/C12H16FN3O2/c1-7(2)10(11(14)16-18)12(17)15-9-6-4-3-5-8(9)13/h3-7,10,18H,1-2H3,(H2,14,16)(H,15,17). The Bertz CT molecular complexity index is 460. The Balaban J connectivity index is 2.90. The predicted molar refractivity (Wildman–Crippen MR) is 66.8 cm³/mol. The van der Waals surface area contributed by atoms with Gasteiger partial charge < -0.3 is 16.3 Å². The fraction of sp³-hybridized carbons (Fsp3) is 0.333. The number of para-hydroxylation sites is 1. The zero-order chi connectivity index (χ0) is 13.7. The second kappa shape index (κ2) is 6.00. The number of nitrogens with two attached hydrogens (primary N) is 1. The summed E-state index contributed by atoms with van der Waals surface area (Å²) in [5, 5.41) is 13.9. The zero-order valence-corrected chi connectivity index (χ0v) is 10.2. The molecule has 1 unspecified atom stereocenters. The van der Waals surface area contributed by atoms with Crippen LogP contribution in [-0.4, -0.2) is 17.0 Å². The molecule has 0 spiro atoms. The minimum Gasteiger partial charge on any atom is -0.409 e. The summed E-state index contributed by atoms with van der Waals surface area (Å²) < 4.78 is 13.4. The third-order valence-corrected chi connectivity index (χ3v) is 2.51. The lowest BCUT2D eigenvalue weighted by atomic mass is 9.94. The number of nitrogens with one attached hydrogen (secondary N) is 1. The molecule has 4 N–H and O–H groups in total. The molecule has 98 valence electrons. The third-order valence-electron chi connectivity index (χ3n) is 2.51. The molecule has 1 aromatic rings. The van der Waals surface area contributed by atoms with Crippen LogP contribution < -0.4 is 11.1 Å². The summed E-state index contributed by atoms with van der Waals surface area (Å²) in [6, 6.07) is 5.81. The number of hydrogen-bond donors (Lipinski definition) is 3. The van der Waals surface area contributed by atoms with Gasteiger partial charge in [-0.2, -0.15) is 0 Å². The van der Waals surface area contributed by atoms with E-state index in [1.165, 1.54) is 18.2 Å². The van der Waals surface area contributed by atoms with Gasteiger partial charge in [0.1, 0.15) is 11.7 Å². The van der Waals surface area contributed by atoms with Gasteiger partial charge in [0, 0.05) is 0 Å². The number of hydrogen-bond acceptors (Lipinski definition) is 3. The highest BCUT2D eigenvalue weighted by molar-refractivity contribution is 6.07. The van der Waals surface area contributed by atoms with E-state index < -0.39 is 17.6 Å². The van der Waals surface area contributed by atoms with Gasteiger partial charge in [-0.3, -0.25) is 4.79 Å². The smallest absolute Gasteiger partial charge is 0.235 e. The molecule has 1 aromatic carbocycles. The van der Waals surface area contributed by atoms with E-state index >= 15 is 0 Å². The number of carbonyl (C=O) groups is 1. The number of amides is 1. The molecule has 0 aromatic heterocycles. The first-order valence-electron chi connectivity index (χ1n) is 5.50. The first-order chi connectivity index (χ1) is 8.47. The van der Waals surface area contributed by atoms with Crippen LogP contribution in [0.15, 0.2) is 29.4 Å². The Morgan fingerprint density at radius 3 is 2.56 bits per heavy atom. The van der Waals surface area contributed by atoms with E-state index in [0.29, 0.717) is 0 Å². The Morgan fingerprint density at radius 2 is 2.06 bits per heavy atom. The molecule has 0 aliphatic rings. The van der Waals surface area contributed by atoms with E-state index in [1.807, 2.05) is 0 Å². The first kappa shape index (κ1) is 14.0. The van der Waals surface area contributed by atoms with E-state index in [0.717, 1.165) is 0 Å². The molecule has 5 nitrogen and oxygen atoms in total. The highest BCUT2D eigenvalue weighted by Gasteiger charge is 2.27. The van der Waals surface area contributed by atoms with Crippen molar-refractivity contribution in [3.63, 3.8) is 0 Å². The van der Waals surface area contributed by atoms with Crippen LogP contribution in [0.4, 0.5) is 10.1 Å². The molecule has 0 radical (unpaired) electrons. The van der Waals surface area contributed by atoms with Crippen LogP contribution in [0.2, 0.25) is 0 Å². The minimum absolute atomic E-state index is 0.0684. The van der Waals surface area contributed by atoms with Gasteiger partial charge in [-0.25, -0.2) is 4.39 Å². The van der Waals surface area contributed by atoms with E-state index in [9.17, 15) is 9.18 Å². The Kier molecular flexibility index (Phi) is 4.65. The van der Waals surface area contributed by atoms with Crippen molar-refractivity contribution in [2.45, 2.75) is 13.8 Å². The molecular formula is C12H16FN3O2. The number of halogens is 1. The SMILES string of the molecule is CC(C)C(C(=O)Nc1ccccc1F)C(N)=NO. The van der Waals surface area contributed by atoms with Gasteiger partial charge in [-0.1, -0.05) is 31.1 Å². The van der Waals surface area contributed by atoms with Gasteiger partial charge in [-0.05, 0) is 18.1 Å². The Labute approximate surface area is 104 Å². The average Bonchev–Trinajstić information content (AvgIpc) is 2.31. The highest BCUT2D eigenvalue weighted by Crippen LogP contribution is 2.17. The van der Waals surface area contributed by atoms with Crippen LogP contribution in [0.1, 0.15) is 13.8 Å². The lowest BCUT2D eigenvalue weighted by molar-refractivity contribution is -0.119. The van der Waals surface area contributed by atoms with Gasteiger partial charge >= 0.3 is 0 Å². The Hall–Kier alpha value is -2.11. The maximum atomic E-state index is 13.4. The number of carbonyl (C=O) groups excluding carboxylic acids is 1. The first-order valence-corrected chi connectivity index (χ1v) is 5.50. The number of oxime groups is 1. The highest BCUT2D eigenvalue weighted by atomic mass is 19.1. The van der Waals surface area contributed by atoms with E-state index in [-0.39, 0.29) is 17.4 Å². The van der Waals surface area contributed by atoms with Gasteiger partial charge in [0.25, 0.3) is 0 Å². The molecule has 0 aliphatic carbocycles. The van der Waals surface area contributed by atoms with Crippen LogP contribution in [0.25, 0.3) is 0 Å². The molecule has 0 heterocycles. The molecule has 18 heavy (non-hydrogen) atoms. The summed E-state index contributed by atoms with van der Waals surface area (Å²) in [6.45, 7) is 3.51. The van der Waals surface area contributed by atoms with Crippen molar-refractivity contribution in [1.82, 2.24) is 0 Å². The summed E-state index contributed by atoms with van der Waals surface area (Å²) in [4.78, 5) is 12.0. The molecular weight excluding hydrogens is 237 g/mol. The molecule has 6 heteroatoms. The summed E-state index contributed by atoms with van der Waals surface area (Å²) in [6.07, 6.45) is 0. The van der Waals surface area contributed by atoms with Gasteiger partial charge in [0.05, 0.1) is 5.69 Å². The van der Waals surface area contributed by atoms with Crippen molar-refractivity contribution in [1.29, 1.82) is 0 Å². The second-order valence-corrected chi connectivity index (χ2v) is 4.22. The van der Waals surface area contributed by atoms with Crippen molar-refractivity contribution in [2.24, 2.45) is 22.7 Å². The summed E-state index contributed by atoms with van der Waals surface area (Å²) in [5.41, 5.74) is 5.52. The normalized spacial score (nSPS) is 13.4. The van der Waals surface area contributed by atoms with Crippen molar-refractivity contribution >= 4 is 17.4 Å². The topological polar surface area (TPSA) is 87.7 Å². The van der Waals surface area contributed by atoms with Gasteiger partial charge in [0.15, 0.2) is 5.84 Å². The fourth-order valence-corrected chi connectivity index (χ4v) is 1.61. The number of nitrogens with zero attached hydrogens (tertiary/aromatic N) is 1. The van der Waals surface area contributed by atoms with Gasteiger partial charge in [0.2, 0.25) is 5.91 Å². The maximum absolute atomic E-state index is 13.4. The second-order valence-electron chi connectivity index (χ2n) is 4.22. The van der Waals surface area contributed by atoms with Crippen molar-refractivity contribution in [3.8, 4) is 0 Å². The van der Waals surface area contributed by atoms with Crippen LogP contribution in [0.3, 0.4) is 0 Å². The number of amidine groups is 1. The third kappa shape index (κ3) is 3.19. The largest absolute Gasteiger partial charge is 0.409 e. The lowest BCUT2D eigenvalue weighted by Gasteiger charge is -2.18. The Morgan fingerprint density at radius 1 is 1.44 bits per heavy atom. The molecule has 0 saturated heterocycles. The molecule has 0 saturated carbocycles. The molecule has 1 rings (SSSR count). The van der Waals surface area contributed by atoms with E-state index in [2.05, 4.69) is 10.5 Å². The minimum atomic E-state index is -0.811. The number of anilines is 1. The maximum Gasteiger partial charge on any atom is 0.235 e. The summed E-state index contributed by atoms with van der Waals surface area (Å²) >= 11 is 0.